The smallest absolute Gasteiger partial charge is 0.261 e. The average Bonchev–Trinajstić information content (AvgIpc) is 3.09. The summed E-state index contributed by atoms with van der Waals surface area (Å²) in [4.78, 5) is 33.7. The second kappa shape index (κ2) is 8.30. The van der Waals surface area contributed by atoms with E-state index in [2.05, 4.69) is 31.2 Å². The molecule has 0 aliphatic heterocycles. The van der Waals surface area contributed by atoms with E-state index in [1.165, 1.54) is 22.2 Å². The van der Waals surface area contributed by atoms with Crippen molar-refractivity contribution >= 4 is 59.4 Å². The fourth-order valence-electron chi connectivity index (χ4n) is 2.91. The van der Waals surface area contributed by atoms with Crippen LogP contribution in [-0.4, -0.2) is 27.0 Å². The van der Waals surface area contributed by atoms with Crippen molar-refractivity contribution in [3.8, 4) is 5.75 Å². The van der Waals surface area contributed by atoms with Gasteiger partial charge in [-0.3, -0.25) is 14.2 Å². The highest BCUT2D eigenvalue weighted by atomic mass is 79.9. The number of fused-ring (bicyclic) bond motifs is 2. The van der Waals surface area contributed by atoms with Gasteiger partial charge in [0.2, 0.25) is 5.91 Å². The van der Waals surface area contributed by atoms with E-state index in [0.717, 1.165) is 20.4 Å². The van der Waals surface area contributed by atoms with Gasteiger partial charge in [0.15, 0.2) is 5.13 Å². The normalized spacial score (nSPS) is 11.1. The van der Waals surface area contributed by atoms with E-state index < -0.39 is 0 Å². The number of ether oxygens (including phenoxy) is 1. The quantitative estimate of drug-likeness (QED) is 0.454. The Kier molecular flexibility index (Phi) is 5.59. The van der Waals surface area contributed by atoms with Gasteiger partial charge in [-0.2, -0.15) is 0 Å². The van der Waals surface area contributed by atoms with Crippen LogP contribution in [0.2, 0.25) is 0 Å². The lowest BCUT2D eigenvalue weighted by Crippen LogP contribution is -2.23. The predicted molar refractivity (Wildman–Crippen MR) is 118 cm³/mol. The number of halogens is 1. The summed E-state index contributed by atoms with van der Waals surface area (Å²) in [5, 5.41) is 3.84. The van der Waals surface area contributed by atoms with Gasteiger partial charge in [0.05, 0.1) is 34.1 Å². The molecule has 0 saturated heterocycles. The molecular formula is C20H17BrN4O3S. The second-order valence-electron chi connectivity index (χ2n) is 6.28. The third kappa shape index (κ3) is 4.30. The Morgan fingerprint density at radius 1 is 1.24 bits per heavy atom. The summed E-state index contributed by atoms with van der Waals surface area (Å²) in [6, 6.07) is 11.0. The highest BCUT2D eigenvalue weighted by Crippen LogP contribution is 2.29. The number of hydrogen-bond donors (Lipinski definition) is 1. The van der Waals surface area contributed by atoms with Crippen molar-refractivity contribution in [1.29, 1.82) is 0 Å². The molecule has 4 rings (SSSR count). The van der Waals surface area contributed by atoms with Crippen molar-refractivity contribution < 1.29 is 9.53 Å². The number of nitrogens with zero attached hydrogens (tertiary/aromatic N) is 3. The Morgan fingerprint density at radius 3 is 2.90 bits per heavy atom. The van der Waals surface area contributed by atoms with Gasteiger partial charge < -0.3 is 10.1 Å². The molecule has 0 atom stereocenters. The van der Waals surface area contributed by atoms with Crippen LogP contribution in [0.4, 0.5) is 5.13 Å². The van der Waals surface area contributed by atoms with Crippen molar-refractivity contribution in [3.05, 3.63) is 57.6 Å². The molecule has 9 heteroatoms. The number of carbonyl (C=O) groups is 1. The number of anilines is 1. The minimum absolute atomic E-state index is 0.140. The molecule has 148 valence electrons. The summed E-state index contributed by atoms with van der Waals surface area (Å²) in [6.07, 6.45) is 1.61. The van der Waals surface area contributed by atoms with E-state index in [0.29, 0.717) is 22.6 Å². The van der Waals surface area contributed by atoms with Crippen molar-refractivity contribution in [2.45, 2.75) is 19.9 Å². The topological polar surface area (TPSA) is 86.1 Å². The molecule has 0 spiro atoms. The van der Waals surface area contributed by atoms with Crippen LogP contribution in [-0.2, 0) is 11.3 Å². The van der Waals surface area contributed by atoms with Crippen LogP contribution >= 0.6 is 27.3 Å². The molecule has 2 aromatic heterocycles. The second-order valence-corrected chi connectivity index (χ2v) is 8.23. The first-order chi connectivity index (χ1) is 14.0. The maximum Gasteiger partial charge on any atom is 0.261 e. The van der Waals surface area contributed by atoms with Crippen LogP contribution in [0.3, 0.4) is 0 Å². The Morgan fingerprint density at radius 2 is 2.07 bits per heavy atom. The monoisotopic (exact) mass is 472 g/mol. The van der Waals surface area contributed by atoms with Crippen molar-refractivity contribution in [2.75, 3.05) is 11.9 Å². The van der Waals surface area contributed by atoms with Gasteiger partial charge in [-0.05, 0) is 43.3 Å². The molecule has 7 nitrogen and oxygen atoms in total. The first-order valence-electron chi connectivity index (χ1n) is 9.01. The Bertz CT molecular complexity index is 1270. The van der Waals surface area contributed by atoms with Crippen LogP contribution in [0.1, 0.15) is 13.3 Å². The molecule has 0 aliphatic rings. The lowest BCUT2D eigenvalue weighted by molar-refractivity contribution is -0.116. The number of rotatable bonds is 6. The standard InChI is InChI=1S/C20H17BrN4O3S/c1-2-28-13-4-6-16-17(10-13)29-20(23-16)24-18(26)7-8-25-11-22-15-5-3-12(21)9-14(15)19(25)27/h3-6,9-11H,2,7-8H2,1H3,(H,23,24,26). The minimum Gasteiger partial charge on any atom is -0.494 e. The van der Waals surface area contributed by atoms with E-state index in [1.54, 1.807) is 12.1 Å². The maximum absolute atomic E-state index is 12.6. The molecular weight excluding hydrogens is 456 g/mol. The number of amides is 1. The molecule has 29 heavy (non-hydrogen) atoms. The van der Waals surface area contributed by atoms with Gasteiger partial charge >= 0.3 is 0 Å². The zero-order valence-corrected chi connectivity index (χ0v) is 17.9. The van der Waals surface area contributed by atoms with Gasteiger partial charge in [-0.1, -0.05) is 27.3 Å². The van der Waals surface area contributed by atoms with E-state index in [-0.39, 0.29) is 24.4 Å². The van der Waals surface area contributed by atoms with Gasteiger partial charge in [-0.25, -0.2) is 9.97 Å². The lowest BCUT2D eigenvalue weighted by Gasteiger charge is -2.06. The van der Waals surface area contributed by atoms with E-state index in [1.807, 2.05) is 31.2 Å². The van der Waals surface area contributed by atoms with E-state index in [9.17, 15) is 9.59 Å². The van der Waals surface area contributed by atoms with Gasteiger partial charge in [-0.15, -0.1) is 0 Å². The molecule has 0 radical (unpaired) electrons. The molecule has 0 fully saturated rings. The number of thiazole rings is 1. The molecule has 2 aromatic carbocycles. The first kappa shape index (κ1) is 19.5. The van der Waals surface area contributed by atoms with Gasteiger partial charge in [0, 0.05) is 17.4 Å². The predicted octanol–water partition coefficient (Wildman–Crippen LogP) is 4.20. The number of aromatic nitrogens is 3. The van der Waals surface area contributed by atoms with Gasteiger partial charge in [0.25, 0.3) is 5.56 Å². The maximum atomic E-state index is 12.6. The fraction of sp³-hybridized carbons (Fsp3) is 0.200. The highest BCUT2D eigenvalue weighted by molar-refractivity contribution is 9.10. The lowest BCUT2D eigenvalue weighted by atomic mass is 10.2. The van der Waals surface area contributed by atoms with Crippen LogP contribution < -0.4 is 15.6 Å². The summed E-state index contributed by atoms with van der Waals surface area (Å²) in [7, 11) is 0. The molecule has 4 aromatic rings. The van der Waals surface area contributed by atoms with Crippen molar-refractivity contribution in [2.24, 2.45) is 0 Å². The van der Waals surface area contributed by atoms with Crippen molar-refractivity contribution in [1.82, 2.24) is 14.5 Å². The number of hydrogen-bond acceptors (Lipinski definition) is 6. The molecule has 0 bridgehead atoms. The summed E-state index contributed by atoms with van der Waals surface area (Å²) in [5.41, 5.74) is 1.25. The number of benzene rings is 2. The molecule has 1 amide bonds. The third-order valence-corrected chi connectivity index (χ3v) is 5.71. The fourth-order valence-corrected chi connectivity index (χ4v) is 4.18. The van der Waals surface area contributed by atoms with E-state index >= 15 is 0 Å². The average molecular weight is 473 g/mol. The molecule has 0 unspecified atom stereocenters. The van der Waals surface area contributed by atoms with Gasteiger partial charge in [0.1, 0.15) is 5.75 Å². The van der Waals surface area contributed by atoms with Crippen LogP contribution in [0, 0.1) is 0 Å². The Hall–Kier alpha value is -2.78. The van der Waals surface area contributed by atoms with E-state index in [4.69, 9.17) is 4.74 Å². The minimum atomic E-state index is -0.213. The zero-order valence-electron chi connectivity index (χ0n) is 15.5. The Labute approximate surface area is 178 Å². The number of carbonyl (C=O) groups excluding carboxylic acids is 1. The SMILES string of the molecule is CCOc1ccc2nc(NC(=O)CCn3cnc4ccc(Br)cc4c3=O)sc2c1. The Balaban J connectivity index is 1.45. The summed E-state index contributed by atoms with van der Waals surface area (Å²) < 4.78 is 8.68. The molecule has 2 heterocycles. The first-order valence-corrected chi connectivity index (χ1v) is 10.6. The zero-order chi connectivity index (χ0) is 20.4. The van der Waals surface area contributed by atoms with Crippen LogP contribution in [0.15, 0.2) is 52.0 Å². The third-order valence-electron chi connectivity index (χ3n) is 4.28. The van der Waals surface area contributed by atoms with Crippen molar-refractivity contribution in [3.63, 3.8) is 0 Å². The number of aryl methyl sites for hydroxylation is 1. The molecule has 0 aliphatic carbocycles. The highest BCUT2D eigenvalue weighted by Gasteiger charge is 2.11. The number of nitrogens with one attached hydrogen (secondary N) is 1. The summed E-state index contributed by atoms with van der Waals surface area (Å²) >= 11 is 4.75. The molecule has 1 N–H and O–H groups in total. The molecule has 0 saturated carbocycles. The largest absolute Gasteiger partial charge is 0.494 e. The summed E-state index contributed by atoms with van der Waals surface area (Å²) in [6.45, 7) is 2.76. The van der Waals surface area contributed by atoms with Crippen LogP contribution in [0.25, 0.3) is 21.1 Å². The van der Waals surface area contributed by atoms with Crippen LogP contribution in [0.5, 0.6) is 5.75 Å². The summed E-state index contributed by atoms with van der Waals surface area (Å²) in [5.74, 6) is 0.562.